The van der Waals surface area contributed by atoms with E-state index >= 15 is 0 Å². The van der Waals surface area contributed by atoms with Crippen molar-refractivity contribution < 1.29 is 9.53 Å². The summed E-state index contributed by atoms with van der Waals surface area (Å²) in [7, 11) is 3.54. The van der Waals surface area contributed by atoms with E-state index in [0.29, 0.717) is 11.7 Å². The van der Waals surface area contributed by atoms with Crippen molar-refractivity contribution in [1.29, 1.82) is 0 Å². The van der Waals surface area contributed by atoms with Crippen LogP contribution in [0, 0.1) is 0 Å². The first-order valence-corrected chi connectivity index (χ1v) is 9.03. The molecule has 5 nitrogen and oxygen atoms in total. The van der Waals surface area contributed by atoms with E-state index in [1.165, 1.54) is 18.4 Å². The first-order valence-electron chi connectivity index (χ1n) is 9.03. The van der Waals surface area contributed by atoms with E-state index in [1.54, 1.807) is 13.3 Å². The van der Waals surface area contributed by atoms with E-state index in [1.807, 2.05) is 34.8 Å². The number of benzene rings is 1. The zero-order chi connectivity index (χ0) is 17.8. The number of likely N-dealkylation sites (N-methyl/N-ethyl adjacent to an activating group) is 1. The Bertz CT molecular complexity index is 702. The van der Waals surface area contributed by atoms with Crippen molar-refractivity contribution in [1.82, 2.24) is 14.7 Å². The largest absolute Gasteiger partial charge is 0.497 e. The summed E-state index contributed by atoms with van der Waals surface area (Å²) in [6.07, 6.45) is 7.24. The van der Waals surface area contributed by atoms with Crippen molar-refractivity contribution >= 4 is 5.91 Å². The van der Waals surface area contributed by atoms with E-state index in [-0.39, 0.29) is 11.9 Å². The number of aromatic nitrogens is 2. The lowest BCUT2D eigenvalue weighted by atomic mass is 10.1. The highest BCUT2D eigenvalue weighted by molar-refractivity contribution is 5.92. The number of ether oxygens (including phenoxy) is 1. The Kier molecular flexibility index (Phi) is 5.41. The molecule has 0 aliphatic heterocycles. The number of carbonyl (C=O) groups excluding carboxylic acids is 1. The van der Waals surface area contributed by atoms with Crippen LogP contribution in [0.4, 0.5) is 0 Å². The minimum Gasteiger partial charge on any atom is -0.497 e. The molecule has 3 rings (SSSR count). The fraction of sp³-hybridized carbons (Fsp3) is 0.500. The Labute approximate surface area is 149 Å². The summed E-state index contributed by atoms with van der Waals surface area (Å²) in [6.45, 7) is 2.08. The Balaban J connectivity index is 1.68. The summed E-state index contributed by atoms with van der Waals surface area (Å²) in [6, 6.07) is 10.3. The molecule has 2 aromatic rings. The van der Waals surface area contributed by atoms with Crippen molar-refractivity contribution in [3.63, 3.8) is 0 Å². The summed E-state index contributed by atoms with van der Waals surface area (Å²) in [4.78, 5) is 14.8. The van der Waals surface area contributed by atoms with Crippen molar-refractivity contribution in [3.8, 4) is 5.75 Å². The van der Waals surface area contributed by atoms with E-state index < -0.39 is 0 Å². The molecule has 1 heterocycles. The summed E-state index contributed by atoms with van der Waals surface area (Å²) in [5.74, 6) is 0.895. The molecule has 1 aromatic carbocycles. The van der Waals surface area contributed by atoms with Crippen LogP contribution in [0.1, 0.15) is 54.7 Å². The maximum atomic E-state index is 13.0. The summed E-state index contributed by atoms with van der Waals surface area (Å²) < 4.78 is 7.13. The average molecular weight is 341 g/mol. The van der Waals surface area contributed by atoms with Gasteiger partial charge in [-0.2, -0.15) is 5.10 Å². The third-order valence-corrected chi connectivity index (χ3v) is 5.23. The van der Waals surface area contributed by atoms with Gasteiger partial charge < -0.3 is 9.64 Å². The normalized spacial score (nSPS) is 16.0. The summed E-state index contributed by atoms with van der Waals surface area (Å²) in [5, 5.41) is 4.42. The molecule has 1 fully saturated rings. The van der Waals surface area contributed by atoms with E-state index in [9.17, 15) is 4.79 Å². The number of methoxy groups -OCH3 is 1. The first-order chi connectivity index (χ1) is 12.1. The van der Waals surface area contributed by atoms with E-state index in [4.69, 9.17) is 4.74 Å². The Morgan fingerprint density at radius 1 is 1.28 bits per heavy atom. The molecule has 0 bridgehead atoms. The highest BCUT2D eigenvalue weighted by atomic mass is 16.5. The minimum atomic E-state index is 0.0467. The molecule has 0 spiro atoms. The second-order valence-electron chi connectivity index (χ2n) is 6.92. The highest BCUT2D eigenvalue weighted by Crippen LogP contribution is 2.30. The molecule has 5 heteroatoms. The number of nitrogens with zero attached hydrogens (tertiary/aromatic N) is 3. The van der Waals surface area contributed by atoms with Crippen LogP contribution in [0.3, 0.4) is 0 Å². The maximum absolute atomic E-state index is 13.0. The van der Waals surface area contributed by atoms with E-state index in [0.717, 1.165) is 25.0 Å². The average Bonchev–Trinajstić information content (AvgIpc) is 3.32. The number of hydrogen-bond donors (Lipinski definition) is 0. The highest BCUT2D eigenvalue weighted by Gasteiger charge is 2.26. The van der Waals surface area contributed by atoms with Crippen molar-refractivity contribution in [2.75, 3.05) is 14.2 Å². The Morgan fingerprint density at radius 2 is 1.96 bits per heavy atom. The fourth-order valence-corrected chi connectivity index (χ4v) is 3.54. The van der Waals surface area contributed by atoms with Gasteiger partial charge in [-0.1, -0.05) is 25.0 Å². The zero-order valence-corrected chi connectivity index (χ0v) is 15.3. The quantitative estimate of drug-likeness (QED) is 0.805. The molecule has 0 unspecified atom stereocenters. The molecule has 0 saturated heterocycles. The number of hydrogen-bond acceptors (Lipinski definition) is 3. The van der Waals surface area contributed by atoms with Crippen LogP contribution >= 0.6 is 0 Å². The molecule has 1 aliphatic carbocycles. The van der Waals surface area contributed by atoms with Crippen molar-refractivity contribution in [3.05, 3.63) is 47.8 Å². The summed E-state index contributed by atoms with van der Waals surface area (Å²) in [5.41, 5.74) is 1.90. The van der Waals surface area contributed by atoms with Gasteiger partial charge in [-0.15, -0.1) is 0 Å². The van der Waals surface area contributed by atoms with Gasteiger partial charge in [0, 0.05) is 19.3 Å². The third-order valence-electron chi connectivity index (χ3n) is 5.23. The van der Waals surface area contributed by atoms with Crippen LogP contribution in [0.5, 0.6) is 5.75 Å². The number of carbonyl (C=O) groups is 1. The monoisotopic (exact) mass is 341 g/mol. The second kappa shape index (κ2) is 7.72. The van der Waals surface area contributed by atoms with Gasteiger partial charge >= 0.3 is 0 Å². The smallest absolute Gasteiger partial charge is 0.272 e. The maximum Gasteiger partial charge on any atom is 0.272 e. The number of amides is 1. The standard InChI is InChI=1S/C20H27N3O2/c1-15(14-16-8-10-18(25-3)11-9-16)22(2)20(24)19-12-13-21-23(19)17-6-4-5-7-17/h8-13,15,17H,4-7,14H2,1-3H3/t15-/m0/s1. The van der Waals surface area contributed by atoms with E-state index in [2.05, 4.69) is 24.2 Å². The molecule has 134 valence electrons. The molecule has 1 atom stereocenters. The van der Waals surface area contributed by atoms with Gasteiger partial charge in [0.15, 0.2) is 0 Å². The van der Waals surface area contributed by atoms with Crippen LogP contribution < -0.4 is 4.74 Å². The second-order valence-corrected chi connectivity index (χ2v) is 6.92. The minimum absolute atomic E-state index is 0.0467. The molecule has 1 amide bonds. The lowest BCUT2D eigenvalue weighted by Crippen LogP contribution is -2.37. The Hall–Kier alpha value is -2.30. The van der Waals surface area contributed by atoms with Crippen LogP contribution in [-0.4, -0.2) is 40.8 Å². The van der Waals surface area contributed by atoms with Gasteiger partial charge in [0.1, 0.15) is 11.4 Å². The van der Waals surface area contributed by atoms with Crippen molar-refractivity contribution in [2.45, 2.75) is 51.1 Å². The predicted molar refractivity (Wildman–Crippen MR) is 98.0 cm³/mol. The lowest BCUT2D eigenvalue weighted by molar-refractivity contribution is 0.0728. The molecular weight excluding hydrogens is 314 g/mol. The third kappa shape index (κ3) is 3.86. The molecule has 1 aliphatic rings. The van der Waals surface area contributed by atoms with Gasteiger partial charge in [-0.05, 0) is 49.9 Å². The summed E-state index contributed by atoms with van der Waals surface area (Å²) >= 11 is 0. The van der Waals surface area contributed by atoms with Gasteiger partial charge in [0.25, 0.3) is 5.91 Å². The van der Waals surface area contributed by atoms with Gasteiger partial charge in [0.2, 0.25) is 0 Å². The molecule has 0 radical (unpaired) electrons. The Morgan fingerprint density at radius 3 is 2.60 bits per heavy atom. The predicted octanol–water partition coefficient (Wildman–Crippen LogP) is 3.71. The van der Waals surface area contributed by atoms with Crippen LogP contribution in [-0.2, 0) is 6.42 Å². The molecule has 1 aromatic heterocycles. The molecule has 1 saturated carbocycles. The van der Waals surface area contributed by atoms with Gasteiger partial charge in [-0.3, -0.25) is 9.48 Å². The lowest BCUT2D eigenvalue weighted by Gasteiger charge is -2.26. The molecular formula is C20H27N3O2. The molecule has 0 N–H and O–H groups in total. The number of rotatable bonds is 6. The fourth-order valence-electron chi connectivity index (χ4n) is 3.54. The van der Waals surface area contributed by atoms with Crippen LogP contribution in [0.2, 0.25) is 0 Å². The zero-order valence-electron chi connectivity index (χ0n) is 15.3. The SMILES string of the molecule is COc1ccc(C[C@H](C)N(C)C(=O)c2ccnn2C2CCCC2)cc1. The van der Waals surface area contributed by atoms with Crippen LogP contribution in [0.25, 0.3) is 0 Å². The van der Waals surface area contributed by atoms with Crippen molar-refractivity contribution in [2.24, 2.45) is 0 Å². The topological polar surface area (TPSA) is 47.4 Å². The molecule has 25 heavy (non-hydrogen) atoms. The van der Waals surface area contributed by atoms with Crippen LogP contribution in [0.15, 0.2) is 36.5 Å². The van der Waals surface area contributed by atoms with Gasteiger partial charge in [0.05, 0.1) is 13.2 Å². The van der Waals surface area contributed by atoms with Gasteiger partial charge in [-0.25, -0.2) is 0 Å². The first kappa shape index (κ1) is 17.5.